The summed E-state index contributed by atoms with van der Waals surface area (Å²) >= 11 is 1.68. The molecule has 0 bridgehead atoms. The number of aryl methyl sites for hydroxylation is 2. The first kappa shape index (κ1) is 17.9. The molecule has 1 aromatic heterocycles. The minimum Gasteiger partial charge on any atom is -0.347 e. The van der Waals surface area contributed by atoms with E-state index in [-0.39, 0.29) is 11.9 Å². The van der Waals surface area contributed by atoms with Gasteiger partial charge in [0.2, 0.25) is 5.91 Å². The zero-order valence-electron chi connectivity index (χ0n) is 15.2. The lowest BCUT2D eigenvalue weighted by molar-refractivity contribution is -0.120. The van der Waals surface area contributed by atoms with E-state index in [9.17, 15) is 4.79 Å². The number of aromatic nitrogens is 1. The lowest BCUT2D eigenvalue weighted by Crippen LogP contribution is -2.44. The maximum absolute atomic E-state index is 12.7. The Balaban J connectivity index is 1.60. The van der Waals surface area contributed by atoms with Crippen LogP contribution in [0.4, 0.5) is 10.8 Å². The molecule has 3 rings (SSSR count). The fourth-order valence-electron chi connectivity index (χ4n) is 3.24. The normalized spacial score (nSPS) is 17.2. The number of carbonyl (C=O) groups excluding carboxylic acids is 1. The molecule has 1 amide bonds. The Labute approximate surface area is 153 Å². The Morgan fingerprint density at radius 1 is 1.24 bits per heavy atom. The summed E-state index contributed by atoms with van der Waals surface area (Å²) in [6.07, 6.45) is 2.89. The molecule has 1 atom stereocenters. The van der Waals surface area contributed by atoms with Crippen molar-refractivity contribution in [3.05, 3.63) is 40.9 Å². The number of anilines is 2. The van der Waals surface area contributed by atoms with Crippen LogP contribution in [0, 0.1) is 13.8 Å². The van der Waals surface area contributed by atoms with E-state index < -0.39 is 0 Å². The summed E-state index contributed by atoms with van der Waals surface area (Å²) in [7, 11) is 0. The minimum absolute atomic E-state index is 0.0645. The highest BCUT2D eigenvalue weighted by molar-refractivity contribution is 7.13. The van der Waals surface area contributed by atoms with Gasteiger partial charge in [0.05, 0.1) is 6.04 Å². The Kier molecular flexibility index (Phi) is 5.71. The Morgan fingerprint density at radius 3 is 2.80 bits per heavy atom. The molecule has 0 spiro atoms. The monoisotopic (exact) mass is 358 g/mol. The summed E-state index contributed by atoms with van der Waals surface area (Å²) in [4.78, 5) is 21.7. The predicted octanol–water partition coefficient (Wildman–Crippen LogP) is 3.30. The molecule has 1 aromatic carbocycles. The number of nitrogens with one attached hydrogen (secondary N) is 1. The topological polar surface area (TPSA) is 48.5 Å². The highest BCUT2D eigenvalue weighted by Gasteiger charge is 2.25. The van der Waals surface area contributed by atoms with Crippen molar-refractivity contribution >= 4 is 28.1 Å². The number of hydrogen-bond acceptors (Lipinski definition) is 5. The maximum atomic E-state index is 12.7. The van der Waals surface area contributed by atoms with E-state index in [1.807, 2.05) is 37.6 Å². The summed E-state index contributed by atoms with van der Waals surface area (Å²) in [5, 5.41) is 6.18. The summed E-state index contributed by atoms with van der Waals surface area (Å²) in [6.45, 7) is 9.81. The zero-order chi connectivity index (χ0) is 17.8. The van der Waals surface area contributed by atoms with Gasteiger partial charge in [-0.05, 0) is 38.8 Å². The number of nitrogens with zero attached hydrogens (tertiary/aromatic N) is 3. The highest BCUT2D eigenvalue weighted by Crippen LogP contribution is 2.20. The van der Waals surface area contributed by atoms with E-state index in [1.165, 1.54) is 5.56 Å². The molecule has 2 heterocycles. The van der Waals surface area contributed by atoms with Crippen molar-refractivity contribution in [2.75, 3.05) is 36.4 Å². The van der Waals surface area contributed by atoms with Crippen LogP contribution in [0.15, 0.2) is 29.8 Å². The first-order chi connectivity index (χ1) is 12.0. The molecule has 25 heavy (non-hydrogen) atoms. The minimum atomic E-state index is -0.142. The van der Waals surface area contributed by atoms with Crippen LogP contribution in [0.5, 0.6) is 0 Å². The maximum Gasteiger partial charge on any atom is 0.241 e. The number of thiazole rings is 1. The predicted molar refractivity (Wildman–Crippen MR) is 105 cm³/mol. The van der Waals surface area contributed by atoms with Crippen LogP contribution in [0.2, 0.25) is 0 Å². The van der Waals surface area contributed by atoms with Gasteiger partial charge >= 0.3 is 0 Å². The number of carbonyl (C=O) groups is 1. The molecule has 1 fully saturated rings. The van der Waals surface area contributed by atoms with Gasteiger partial charge in [0.25, 0.3) is 0 Å². The van der Waals surface area contributed by atoms with Gasteiger partial charge < -0.3 is 10.2 Å². The summed E-state index contributed by atoms with van der Waals surface area (Å²) < 4.78 is 0. The fourth-order valence-corrected chi connectivity index (χ4v) is 3.94. The van der Waals surface area contributed by atoms with Crippen LogP contribution in [0.25, 0.3) is 0 Å². The van der Waals surface area contributed by atoms with E-state index in [0.717, 1.165) is 49.0 Å². The van der Waals surface area contributed by atoms with Crippen molar-refractivity contribution in [3.63, 3.8) is 0 Å². The van der Waals surface area contributed by atoms with Crippen LogP contribution in [-0.2, 0) is 4.79 Å². The highest BCUT2D eigenvalue weighted by atomic mass is 32.1. The number of hydrogen-bond donors (Lipinski definition) is 1. The molecule has 0 aliphatic carbocycles. The average Bonchev–Trinajstić information content (AvgIpc) is 3.01. The van der Waals surface area contributed by atoms with Crippen LogP contribution < -0.4 is 10.2 Å². The second kappa shape index (κ2) is 7.97. The Bertz CT molecular complexity index is 716. The van der Waals surface area contributed by atoms with Gasteiger partial charge in [0.15, 0.2) is 5.13 Å². The van der Waals surface area contributed by atoms with E-state index in [2.05, 4.69) is 33.1 Å². The molecule has 0 saturated carbocycles. The summed E-state index contributed by atoms with van der Waals surface area (Å²) in [5.41, 5.74) is 3.21. The van der Waals surface area contributed by atoms with Crippen LogP contribution in [0.1, 0.15) is 24.5 Å². The van der Waals surface area contributed by atoms with Gasteiger partial charge in [0.1, 0.15) is 0 Å². The third-order valence-electron chi connectivity index (χ3n) is 4.79. The standard InChI is InChI=1S/C19H26N4OS/c1-14-5-6-17(15(2)13-14)21-18(24)16(3)22-8-4-9-23(11-10-22)19-20-7-12-25-19/h5-7,12-13,16H,4,8-11H2,1-3H3,(H,21,24)/t16-/m1/s1. The van der Waals surface area contributed by atoms with Gasteiger partial charge in [-0.15, -0.1) is 11.3 Å². The molecule has 0 radical (unpaired) electrons. The molecule has 1 N–H and O–H groups in total. The lowest BCUT2D eigenvalue weighted by atomic mass is 10.1. The van der Waals surface area contributed by atoms with Crippen molar-refractivity contribution in [1.29, 1.82) is 0 Å². The van der Waals surface area contributed by atoms with E-state index in [4.69, 9.17) is 0 Å². The number of benzene rings is 1. The molecule has 134 valence electrons. The summed E-state index contributed by atoms with van der Waals surface area (Å²) in [5.74, 6) is 0.0645. The molecule has 0 unspecified atom stereocenters. The van der Waals surface area contributed by atoms with Crippen LogP contribution >= 0.6 is 11.3 Å². The molecule has 1 aliphatic heterocycles. The average molecular weight is 359 g/mol. The van der Waals surface area contributed by atoms with Crippen molar-refractivity contribution in [2.45, 2.75) is 33.2 Å². The fraction of sp³-hybridized carbons (Fsp3) is 0.474. The van der Waals surface area contributed by atoms with Crippen molar-refractivity contribution in [2.24, 2.45) is 0 Å². The van der Waals surface area contributed by atoms with Gasteiger partial charge in [-0.2, -0.15) is 0 Å². The molecule has 1 saturated heterocycles. The third kappa shape index (κ3) is 4.38. The van der Waals surface area contributed by atoms with E-state index in [0.29, 0.717) is 0 Å². The molecular weight excluding hydrogens is 332 g/mol. The van der Waals surface area contributed by atoms with Crippen LogP contribution in [0.3, 0.4) is 0 Å². The van der Waals surface area contributed by atoms with Crippen molar-refractivity contribution in [3.8, 4) is 0 Å². The van der Waals surface area contributed by atoms with Gasteiger partial charge in [-0.3, -0.25) is 9.69 Å². The molecular formula is C19H26N4OS. The largest absolute Gasteiger partial charge is 0.347 e. The number of rotatable bonds is 4. The molecule has 5 nitrogen and oxygen atoms in total. The smallest absolute Gasteiger partial charge is 0.241 e. The quantitative estimate of drug-likeness (QED) is 0.911. The molecule has 2 aromatic rings. The molecule has 6 heteroatoms. The third-order valence-corrected chi connectivity index (χ3v) is 5.62. The Morgan fingerprint density at radius 2 is 2.08 bits per heavy atom. The van der Waals surface area contributed by atoms with Crippen LogP contribution in [-0.4, -0.2) is 48.0 Å². The zero-order valence-corrected chi connectivity index (χ0v) is 16.0. The number of amides is 1. The first-order valence-electron chi connectivity index (χ1n) is 8.81. The van der Waals surface area contributed by atoms with E-state index >= 15 is 0 Å². The van der Waals surface area contributed by atoms with Gasteiger partial charge in [-0.25, -0.2) is 4.98 Å². The summed E-state index contributed by atoms with van der Waals surface area (Å²) in [6, 6.07) is 5.97. The molecule has 1 aliphatic rings. The van der Waals surface area contributed by atoms with Gasteiger partial charge in [0, 0.05) is 43.4 Å². The van der Waals surface area contributed by atoms with Gasteiger partial charge in [-0.1, -0.05) is 17.7 Å². The second-order valence-electron chi connectivity index (χ2n) is 6.67. The van der Waals surface area contributed by atoms with E-state index in [1.54, 1.807) is 11.3 Å². The lowest BCUT2D eigenvalue weighted by Gasteiger charge is -2.27. The van der Waals surface area contributed by atoms with Crippen molar-refractivity contribution < 1.29 is 4.79 Å². The Hall–Kier alpha value is -1.92. The second-order valence-corrected chi connectivity index (χ2v) is 7.55. The first-order valence-corrected chi connectivity index (χ1v) is 9.69. The van der Waals surface area contributed by atoms with Crippen molar-refractivity contribution in [1.82, 2.24) is 9.88 Å². The SMILES string of the molecule is Cc1ccc(NC(=O)[C@@H](C)N2CCCN(c3nccs3)CC2)c(C)c1.